The molecule has 5 nitrogen and oxygen atoms in total. The molecule has 6 heteroatoms. The summed E-state index contributed by atoms with van der Waals surface area (Å²) in [4.78, 5) is 25.3. The van der Waals surface area contributed by atoms with Crippen LogP contribution in [0.2, 0.25) is 0 Å². The number of amides is 1. The van der Waals surface area contributed by atoms with E-state index in [1.54, 1.807) is 17.8 Å². The van der Waals surface area contributed by atoms with Crippen LogP contribution in [0.25, 0.3) is 21.9 Å². The molecule has 0 radical (unpaired) electrons. The Morgan fingerprint density at radius 3 is 2.63 bits per heavy atom. The first kappa shape index (κ1) is 17.5. The molecule has 136 valence electrons. The monoisotopic (exact) mass is 376 g/mol. The molecule has 1 atom stereocenters. The summed E-state index contributed by atoms with van der Waals surface area (Å²) >= 11 is 1.75. The van der Waals surface area contributed by atoms with E-state index in [4.69, 9.17) is 0 Å². The molecule has 4 rings (SSSR count). The van der Waals surface area contributed by atoms with Crippen LogP contribution in [0.3, 0.4) is 0 Å². The minimum atomic E-state index is -0.189. The van der Waals surface area contributed by atoms with Crippen molar-refractivity contribution in [3.05, 3.63) is 72.2 Å². The number of benzene rings is 2. The first-order valence-electron chi connectivity index (χ1n) is 8.85. The average molecular weight is 376 g/mol. The van der Waals surface area contributed by atoms with E-state index < -0.39 is 0 Å². The van der Waals surface area contributed by atoms with Crippen molar-refractivity contribution in [2.75, 3.05) is 12.0 Å². The SMILES string of the molecule is CSCC[C@@H](NC(=O)c1ccc2ccccc2n1)c1nc2ccccc2[nH]1. The van der Waals surface area contributed by atoms with Gasteiger partial charge in [0.2, 0.25) is 0 Å². The summed E-state index contributed by atoms with van der Waals surface area (Å²) in [5.41, 5.74) is 3.10. The number of hydrogen-bond donors (Lipinski definition) is 2. The quantitative estimate of drug-likeness (QED) is 0.525. The molecule has 0 aliphatic rings. The Kier molecular flexibility index (Phi) is 5.07. The molecule has 0 unspecified atom stereocenters. The van der Waals surface area contributed by atoms with Crippen LogP contribution >= 0.6 is 11.8 Å². The molecule has 0 aliphatic heterocycles. The van der Waals surface area contributed by atoms with Crippen LogP contribution in [-0.4, -0.2) is 32.9 Å². The maximum Gasteiger partial charge on any atom is 0.270 e. The van der Waals surface area contributed by atoms with Crippen LogP contribution in [0.1, 0.15) is 28.8 Å². The smallest absolute Gasteiger partial charge is 0.270 e. The second kappa shape index (κ2) is 7.80. The van der Waals surface area contributed by atoms with Gasteiger partial charge in [-0.15, -0.1) is 0 Å². The average Bonchev–Trinajstić information content (AvgIpc) is 3.14. The van der Waals surface area contributed by atoms with Gasteiger partial charge in [-0.1, -0.05) is 36.4 Å². The molecule has 2 N–H and O–H groups in total. The van der Waals surface area contributed by atoms with Crippen LogP contribution in [0.5, 0.6) is 0 Å². The largest absolute Gasteiger partial charge is 0.341 e. The van der Waals surface area contributed by atoms with Gasteiger partial charge in [-0.05, 0) is 42.7 Å². The highest BCUT2D eigenvalue weighted by molar-refractivity contribution is 7.98. The van der Waals surface area contributed by atoms with Gasteiger partial charge < -0.3 is 10.3 Å². The third kappa shape index (κ3) is 3.80. The van der Waals surface area contributed by atoms with Crippen LogP contribution in [0, 0.1) is 0 Å². The molecule has 0 saturated carbocycles. The minimum absolute atomic E-state index is 0.188. The zero-order valence-electron chi connectivity index (χ0n) is 15.0. The summed E-state index contributed by atoms with van der Waals surface area (Å²) in [6.45, 7) is 0. The molecule has 0 saturated heterocycles. The first-order valence-corrected chi connectivity index (χ1v) is 10.2. The van der Waals surface area contributed by atoms with Crippen LogP contribution in [-0.2, 0) is 0 Å². The maximum atomic E-state index is 12.8. The molecule has 1 amide bonds. The molecule has 0 fully saturated rings. The van der Waals surface area contributed by atoms with E-state index >= 15 is 0 Å². The summed E-state index contributed by atoms with van der Waals surface area (Å²) in [5, 5.41) is 4.12. The van der Waals surface area contributed by atoms with E-state index in [1.807, 2.05) is 54.6 Å². The number of aromatic nitrogens is 3. The summed E-state index contributed by atoms with van der Waals surface area (Å²) < 4.78 is 0. The fourth-order valence-electron chi connectivity index (χ4n) is 3.08. The van der Waals surface area contributed by atoms with Crippen LogP contribution in [0.15, 0.2) is 60.7 Å². The molecule has 2 heterocycles. The Bertz CT molecular complexity index is 1060. The first-order chi connectivity index (χ1) is 13.2. The highest BCUT2D eigenvalue weighted by Gasteiger charge is 2.20. The van der Waals surface area contributed by atoms with Crippen molar-refractivity contribution >= 4 is 39.6 Å². The number of rotatable bonds is 6. The van der Waals surface area contributed by atoms with E-state index in [0.29, 0.717) is 5.69 Å². The lowest BCUT2D eigenvalue weighted by atomic mass is 10.1. The second-order valence-corrected chi connectivity index (χ2v) is 7.32. The Balaban J connectivity index is 1.60. The molecular formula is C21H20N4OS. The number of nitrogens with one attached hydrogen (secondary N) is 2. The number of fused-ring (bicyclic) bond motifs is 2. The zero-order chi connectivity index (χ0) is 18.6. The third-order valence-corrected chi connectivity index (χ3v) is 5.13. The van der Waals surface area contributed by atoms with E-state index in [1.165, 1.54) is 0 Å². The van der Waals surface area contributed by atoms with E-state index in [2.05, 4.69) is 26.5 Å². The van der Waals surface area contributed by atoms with Crippen molar-refractivity contribution in [2.45, 2.75) is 12.5 Å². The number of carbonyl (C=O) groups is 1. The number of para-hydroxylation sites is 3. The number of pyridine rings is 1. The second-order valence-electron chi connectivity index (χ2n) is 6.34. The van der Waals surface area contributed by atoms with Crippen molar-refractivity contribution in [1.29, 1.82) is 0 Å². The van der Waals surface area contributed by atoms with E-state index in [9.17, 15) is 4.79 Å². The number of carbonyl (C=O) groups excluding carboxylic acids is 1. The van der Waals surface area contributed by atoms with Gasteiger partial charge in [0.25, 0.3) is 5.91 Å². The number of H-pyrrole nitrogens is 1. The Morgan fingerprint density at radius 1 is 1.04 bits per heavy atom. The Morgan fingerprint density at radius 2 is 1.81 bits per heavy atom. The summed E-state index contributed by atoms with van der Waals surface area (Å²) in [7, 11) is 0. The van der Waals surface area contributed by atoms with Crippen LogP contribution < -0.4 is 5.32 Å². The number of hydrogen-bond acceptors (Lipinski definition) is 4. The maximum absolute atomic E-state index is 12.8. The number of thioether (sulfide) groups is 1. The normalized spacial score (nSPS) is 12.3. The third-order valence-electron chi connectivity index (χ3n) is 4.48. The molecule has 0 spiro atoms. The topological polar surface area (TPSA) is 70.7 Å². The standard InChI is InChI=1S/C21H20N4OS/c1-27-13-12-18(20-23-16-8-4-5-9-17(16)24-20)25-21(26)19-11-10-14-6-2-3-7-15(14)22-19/h2-11,18H,12-13H2,1H3,(H,23,24)(H,25,26)/t18-/m1/s1. The Hall–Kier alpha value is -2.86. The highest BCUT2D eigenvalue weighted by Crippen LogP contribution is 2.21. The zero-order valence-corrected chi connectivity index (χ0v) is 15.8. The molecule has 2 aromatic carbocycles. The lowest BCUT2D eigenvalue weighted by Crippen LogP contribution is -2.30. The minimum Gasteiger partial charge on any atom is -0.341 e. The fraction of sp³-hybridized carbons (Fsp3) is 0.190. The van der Waals surface area contributed by atoms with Gasteiger partial charge in [0.05, 0.1) is 22.6 Å². The summed E-state index contributed by atoms with van der Waals surface area (Å²) in [6.07, 6.45) is 2.85. The van der Waals surface area contributed by atoms with Crippen molar-refractivity contribution in [3.63, 3.8) is 0 Å². The van der Waals surface area contributed by atoms with E-state index in [0.717, 1.165) is 39.9 Å². The van der Waals surface area contributed by atoms with Gasteiger partial charge in [0.15, 0.2) is 0 Å². The van der Waals surface area contributed by atoms with Crippen molar-refractivity contribution in [3.8, 4) is 0 Å². The van der Waals surface area contributed by atoms with Gasteiger partial charge in [0.1, 0.15) is 11.5 Å². The van der Waals surface area contributed by atoms with Gasteiger partial charge in [-0.2, -0.15) is 11.8 Å². The van der Waals surface area contributed by atoms with Gasteiger partial charge in [0, 0.05) is 5.39 Å². The van der Waals surface area contributed by atoms with Crippen molar-refractivity contribution in [1.82, 2.24) is 20.3 Å². The summed E-state index contributed by atoms with van der Waals surface area (Å²) in [6, 6.07) is 19.2. The number of aromatic amines is 1. The number of imidazole rings is 1. The lowest BCUT2D eigenvalue weighted by Gasteiger charge is -2.16. The van der Waals surface area contributed by atoms with Crippen molar-refractivity contribution < 1.29 is 4.79 Å². The lowest BCUT2D eigenvalue weighted by molar-refractivity contribution is 0.0929. The molecule has 27 heavy (non-hydrogen) atoms. The number of nitrogens with zero attached hydrogens (tertiary/aromatic N) is 2. The highest BCUT2D eigenvalue weighted by atomic mass is 32.2. The predicted octanol–water partition coefficient (Wildman–Crippen LogP) is 4.34. The Labute approximate surface area is 161 Å². The van der Waals surface area contributed by atoms with Crippen molar-refractivity contribution in [2.24, 2.45) is 0 Å². The van der Waals surface area contributed by atoms with E-state index in [-0.39, 0.29) is 11.9 Å². The molecule has 2 aromatic heterocycles. The molecule has 0 aliphatic carbocycles. The predicted molar refractivity (Wildman–Crippen MR) is 111 cm³/mol. The van der Waals surface area contributed by atoms with Gasteiger partial charge in [-0.25, -0.2) is 9.97 Å². The summed E-state index contributed by atoms with van der Waals surface area (Å²) in [5.74, 6) is 1.51. The molecule has 0 bridgehead atoms. The van der Waals surface area contributed by atoms with Crippen LogP contribution in [0.4, 0.5) is 0 Å². The van der Waals surface area contributed by atoms with Gasteiger partial charge in [-0.3, -0.25) is 4.79 Å². The molecule has 4 aromatic rings. The fourth-order valence-corrected chi connectivity index (χ4v) is 3.55. The van der Waals surface area contributed by atoms with Gasteiger partial charge >= 0.3 is 0 Å². The molecular weight excluding hydrogens is 356 g/mol.